The van der Waals surface area contributed by atoms with Crippen LogP contribution >= 0.6 is 0 Å². The van der Waals surface area contributed by atoms with Gasteiger partial charge in [0, 0.05) is 5.54 Å². The largest absolute Gasteiger partial charge is 0.473 e. The van der Waals surface area contributed by atoms with Crippen molar-refractivity contribution in [1.29, 1.82) is 0 Å². The molecule has 6 heteroatoms. The highest BCUT2D eigenvalue weighted by atomic mass is 16.5. The van der Waals surface area contributed by atoms with Crippen molar-refractivity contribution in [3.8, 4) is 5.88 Å². The molecule has 0 aliphatic carbocycles. The normalized spacial score (nSPS) is 15.6. The molecular formula is C21H36N4O2. The van der Waals surface area contributed by atoms with Crippen LogP contribution in [-0.4, -0.2) is 40.6 Å². The molecule has 1 aliphatic rings. The Morgan fingerprint density at radius 1 is 1.33 bits per heavy atom. The van der Waals surface area contributed by atoms with Crippen molar-refractivity contribution in [3.05, 3.63) is 23.7 Å². The number of amides is 1. The van der Waals surface area contributed by atoms with E-state index in [0.717, 1.165) is 38.0 Å². The fourth-order valence-corrected chi connectivity index (χ4v) is 2.74. The van der Waals surface area contributed by atoms with E-state index in [2.05, 4.69) is 20.6 Å². The molecule has 152 valence electrons. The Kier molecular flexibility index (Phi) is 9.43. The van der Waals surface area contributed by atoms with Gasteiger partial charge in [-0.3, -0.25) is 9.78 Å². The number of allylic oxidation sites excluding steroid dienone is 1. The summed E-state index contributed by atoms with van der Waals surface area (Å²) >= 11 is 0. The zero-order chi connectivity index (χ0) is 20.4. The maximum absolute atomic E-state index is 12.7. The molecule has 0 unspecified atom stereocenters. The van der Waals surface area contributed by atoms with Crippen LogP contribution in [0.15, 0.2) is 12.3 Å². The van der Waals surface area contributed by atoms with E-state index in [1.165, 1.54) is 0 Å². The van der Waals surface area contributed by atoms with E-state index in [1.807, 2.05) is 54.5 Å². The van der Waals surface area contributed by atoms with Gasteiger partial charge in [-0.25, -0.2) is 4.98 Å². The first kappa shape index (κ1) is 23.1. The van der Waals surface area contributed by atoms with Crippen LogP contribution in [0.25, 0.3) is 5.57 Å². The summed E-state index contributed by atoms with van der Waals surface area (Å²) in [5, 5.41) is 6.32. The summed E-state index contributed by atoms with van der Waals surface area (Å²) in [6.45, 7) is 15.7. The number of nitrogens with zero attached hydrogens (tertiary/aromatic N) is 2. The van der Waals surface area contributed by atoms with Crippen LogP contribution in [0.4, 0.5) is 0 Å². The molecule has 2 rings (SSSR count). The van der Waals surface area contributed by atoms with Gasteiger partial charge in [-0.15, -0.1) is 0 Å². The Morgan fingerprint density at radius 2 is 1.96 bits per heavy atom. The Balaban J connectivity index is 0.00000176. The van der Waals surface area contributed by atoms with Gasteiger partial charge in [0.2, 0.25) is 5.88 Å². The van der Waals surface area contributed by atoms with Gasteiger partial charge in [-0.1, -0.05) is 26.8 Å². The fraction of sp³-hybridized carbons (Fsp3) is 0.667. The third-order valence-corrected chi connectivity index (χ3v) is 3.90. The van der Waals surface area contributed by atoms with Crippen LogP contribution in [0.2, 0.25) is 0 Å². The molecule has 1 aliphatic heterocycles. The van der Waals surface area contributed by atoms with Gasteiger partial charge in [-0.2, -0.15) is 0 Å². The predicted octanol–water partition coefficient (Wildman–Crippen LogP) is 3.65. The monoisotopic (exact) mass is 376 g/mol. The number of carbonyl (C=O) groups is 1. The number of ether oxygens (including phenoxy) is 1. The van der Waals surface area contributed by atoms with Crippen LogP contribution in [0.3, 0.4) is 0 Å². The van der Waals surface area contributed by atoms with E-state index in [1.54, 1.807) is 6.20 Å². The maximum atomic E-state index is 12.7. The summed E-state index contributed by atoms with van der Waals surface area (Å²) in [5.41, 5.74) is 1.56. The van der Waals surface area contributed by atoms with Crippen LogP contribution < -0.4 is 15.4 Å². The first-order valence-electron chi connectivity index (χ1n) is 10.0. The minimum absolute atomic E-state index is 0.134. The van der Waals surface area contributed by atoms with Crippen molar-refractivity contribution in [1.82, 2.24) is 20.6 Å². The lowest BCUT2D eigenvalue weighted by atomic mass is 10.0. The van der Waals surface area contributed by atoms with Gasteiger partial charge in [0.05, 0.1) is 17.5 Å². The lowest BCUT2D eigenvalue weighted by Gasteiger charge is -2.24. The van der Waals surface area contributed by atoms with E-state index in [4.69, 9.17) is 4.74 Å². The van der Waals surface area contributed by atoms with Gasteiger partial charge in [0.25, 0.3) is 5.91 Å². The molecule has 1 aromatic heterocycles. The molecular weight excluding hydrogens is 340 g/mol. The van der Waals surface area contributed by atoms with E-state index < -0.39 is 0 Å². The van der Waals surface area contributed by atoms with Crippen LogP contribution in [0, 0.1) is 6.92 Å². The van der Waals surface area contributed by atoms with Crippen LogP contribution in [0.5, 0.6) is 5.88 Å². The summed E-state index contributed by atoms with van der Waals surface area (Å²) in [6.07, 6.45) is 6.33. The van der Waals surface area contributed by atoms with E-state index >= 15 is 0 Å². The van der Waals surface area contributed by atoms with Crippen molar-refractivity contribution in [2.75, 3.05) is 13.1 Å². The molecule has 0 aromatic carbocycles. The summed E-state index contributed by atoms with van der Waals surface area (Å²) in [5.74, 6) is 0.351. The standard InChI is InChI=1S/C19H30N4O2.C2H6/c1-6-7-15(18(24)23-19(3,4)5)17-13(2)21-12-16(22-17)25-14-8-10-20-11-9-14;1-2/h7,12,14,20H,6,8-11H2,1-5H3,(H,23,24);1-2H3/b15-7+;. The average molecular weight is 377 g/mol. The van der Waals surface area contributed by atoms with Crippen molar-refractivity contribution < 1.29 is 9.53 Å². The summed E-state index contributed by atoms with van der Waals surface area (Å²) < 4.78 is 5.99. The molecule has 6 nitrogen and oxygen atoms in total. The summed E-state index contributed by atoms with van der Waals surface area (Å²) in [4.78, 5) is 21.7. The third-order valence-electron chi connectivity index (χ3n) is 3.90. The quantitative estimate of drug-likeness (QED) is 0.767. The van der Waals surface area contributed by atoms with Crippen molar-refractivity contribution in [3.63, 3.8) is 0 Å². The third kappa shape index (κ3) is 7.67. The topological polar surface area (TPSA) is 76.1 Å². The van der Waals surface area contributed by atoms with Gasteiger partial charge in [0.15, 0.2) is 0 Å². The second-order valence-corrected chi connectivity index (χ2v) is 7.44. The van der Waals surface area contributed by atoms with Crippen molar-refractivity contribution >= 4 is 11.5 Å². The molecule has 1 fully saturated rings. The molecule has 1 aromatic rings. The highest BCUT2D eigenvalue weighted by Crippen LogP contribution is 2.22. The Hall–Kier alpha value is -1.95. The average Bonchev–Trinajstić information content (AvgIpc) is 2.62. The fourth-order valence-electron chi connectivity index (χ4n) is 2.74. The zero-order valence-electron chi connectivity index (χ0n) is 18.0. The number of hydrogen-bond acceptors (Lipinski definition) is 5. The highest BCUT2D eigenvalue weighted by molar-refractivity contribution is 6.19. The first-order chi connectivity index (χ1) is 12.8. The molecule has 2 heterocycles. The molecule has 0 bridgehead atoms. The highest BCUT2D eigenvalue weighted by Gasteiger charge is 2.22. The second kappa shape index (κ2) is 11.0. The number of piperidine rings is 1. The summed E-state index contributed by atoms with van der Waals surface area (Å²) in [7, 11) is 0. The predicted molar refractivity (Wildman–Crippen MR) is 111 cm³/mol. The number of rotatable bonds is 5. The van der Waals surface area contributed by atoms with Gasteiger partial charge in [0.1, 0.15) is 11.8 Å². The number of nitrogens with one attached hydrogen (secondary N) is 2. The Morgan fingerprint density at radius 3 is 2.52 bits per heavy atom. The zero-order valence-corrected chi connectivity index (χ0v) is 18.0. The second-order valence-electron chi connectivity index (χ2n) is 7.44. The minimum atomic E-state index is -0.311. The molecule has 1 amide bonds. The van der Waals surface area contributed by atoms with Gasteiger partial charge >= 0.3 is 0 Å². The molecule has 2 N–H and O–H groups in total. The molecule has 0 spiro atoms. The van der Waals surface area contributed by atoms with E-state index in [9.17, 15) is 4.79 Å². The first-order valence-corrected chi connectivity index (χ1v) is 10.0. The Labute approximate surface area is 164 Å². The minimum Gasteiger partial charge on any atom is -0.473 e. The van der Waals surface area contributed by atoms with Gasteiger partial charge in [-0.05, 0) is 60.0 Å². The molecule has 0 atom stereocenters. The lowest BCUT2D eigenvalue weighted by Crippen LogP contribution is -2.41. The van der Waals surface area contributed by atoms with Crippen molar-refractivity contribution in [2.24, 2.45) is 0 Å². The molecule has 0 saturated carbocycles. The van der Waals surface area contributed by atoms with Crippen LogP contribution in [0.1, 0.15) is 72.2 Å². The lowest BCUT2D eigenvalue weighted by molar-refractivity contribution is -0.116. The van der Waals surface area contributed by atoms with Crippen LogP contribution in [-0.2, 0) is 4.79 Å². The SMILES string of the molecule is CC.CC/C=C(/C(=O)NC(C)(C)C)c1nc(OC2CCNCC2)cnc1C. The van der Waals surface area contributed by atoms with E-state index in [0.29, 0.717) is 17.1 Å². The molecule has 0 radical (unpaired) electrons. The smallest absolute Gasteiger partial charge is 0.253 e. The number of carbonyl (C=O) groups excluding carboxylic acids is 1. The molecule has 27 heavy (non-hydrogen) atoms. The molecule has 1 saturated heterocycles. The number of aromatic nitrogens is 2. The maximum Gasteiger partial charge on any atom is 0.253 e. The summed E-state index contributed by atoms with van der Waals surface area (Å²) in [6, 6.07) is 0. The Bertz CT molecular complexity index is 630. The van der Waals surface area contributed by atoms with Crippen molar-refractivity contribution in [2.45, 2.75) is 79.4 Å². The number of aryl methyl sites for hydroxylation is 1. The van der Waals surface area contributed by atoms with E-state index in [-0.39, 0.29) is 17.6 Å². The number of hydrogen-bond donors (Lipinski definition) is 2. The van der Waals surface area contributed by atoms with Gasteiger partial charge < -0.3 is 15.4 Å².